The van der Waals surface area contributed by atoms with E-state index in [2.05, 4.69) is 51.1 Å². The van der Waals surface area contributed by atoms with Gasteiger partial charge >= 0.3 is 0 Å². The third kappa shape index (κ3) is 5.91. The average molecular weight is 567 g/mol. The number of hydrogen-bond donors (Lipinski definition) is 2. The Kier molecular flexibility index (Phi) is 7.58. The average Bonchev–Trinajstić information content (AvgIpc) is 2.90. The summed E-state index contributed by atoms with van der Waals surface area (Å²) in [5.41, 5.74) is 2.98. The van der Waals surface area contributed by atoms with E-state index in [-0.39, 0.29) is 15.6 Å². The first-order chi connectivity index (χ1) is 18.6. The van der Waals surface area contributed by atoms with Crippen LogP contribution in [0.15, 0.2) is 47.5 Å². The van der Waals surface area contributed by atoms with Crippen LogP contribution in [0, 0.1) is 24.9 Å². The molecule has 2 aromatic heterocycles. The molecule has 39 heavy (non-hydrogen) atoms. The highest BCUT2D eigenvalue weighted by molar-refractivity contribution is 7.92. The molecule has 5 rings (SSSR count). The number of benzene rings is 1. The monoisotopic (exact) mass is 566 g/mol. The molecule has 0 bridgehead atoms. The Morgan fingerprint density at radius 3 is 2.56 bits per heavy atom. The number of pyridine rings is 1. The molecule has 2 aromatic carbocycles. The fourth-order valence-corrected chi connectivity index (χ4v) is 6.36. The van der Waals surface area contributed by atoms with Crippen molar-refractivity contribution in [3.8, 4) is 11.3 Å². The summed E-state index contributed by atoms with van der Waals surface area (Å²) >= 11 is 5.93. The Morgan fingerprint density at radius 1 is 1.10 bits per heavy atom. The first kappa shape index (κ1) is 27.1. The van der Waals surface area contributed by atoms with E-state index < -0.39 is 15.8 Å². The van der Waals surface area contributed by atoms with Crippen LogP contribution in [0.4, 0.5) is 16.0 Å². The number of hydrogen-bond acceptors (Lipinski definition) is 7. The van der Waals surface area contributed by atoms with Gasteiger partial charge in [0.2, 0.25) is 5.95 Å². The molecular weight excluding hydrogens is 539 g/mol. The van der Waals surface area contributed by atoms with E-state index in [4.69, 9.17) is 16.6 Å². The minimum atomic E-state index is -4.11. The van der Waals surface area contributed by atoms with Gasteiger partial charge in [0.15, 0.2) is 0 Å². The summed E-state index contributed by atoms with van der Waals surface area (Å²) in [4.78, 5) is 15.9. The van der Waals surface area contributed by atoms with Gasteiger partial charge in [0, 0.05) is 17.6 Å². The maximum atomic E-state index is 15.0. The van der Waals surface area contributed by atoms with Crippen molar-refractivity contribution in [1.82, 2.24) is 19.9 Å². The number of halogens is 2. The summed E-state index contributed by atoms with van der Waals surface area (Å²) in [7, 11) is 0.134. The van der Waals surface area contributed by atoms with Crippen molar-refractivity contribution < 1.29 is 12.8 Å². The van der Waals surface area contributed by atoms with E-state index in [0.29, 0.717) is 34.8 Å². The van der Waals surface area contributed by atoms with Gasteiger partial charge in [-0.1, -0.05) is 23.7 Å². The highest BCUT2D eigenvalue weighted by Gasteiger charge is 2.23. The number of aromatic nitrogens is 3. The van der Waals surface area contributed by atoms with Crippen LogP contribution in [-0.2, 0) is 10.0 Å². The Bertz CT molecular complexity index is 1620. The van der Waals surface area contributed by atoms with Gasteiger partial charge in [-0.05, 0) is 88.7 Å². The van der Waals surface area contributed by atoms with E-state index in [9.17, 15) is 8.42 Å². The Hall–Kier alpha value is -3.52. The van der Waals surface area contributed by atoms with Crippen LogP contribution in [0.2, 0.25) is 5.02 Å². The maximum absolute atomic E-state index is 15.0. The van der Waals surface area contributed by atoms with Crippen molar-refractivity contribution in [2.24, 2.45) is 0 Å². The molecule has 1 aliphatic carbocycles. The van der Waals surface area contributed by atoms with Crippen LogP contribution in [0.25, 0.3) is 22.3 Å². The Balaban J connectivity index is 1.34. The molecule has 1 aliphatic rings. The number of sulfonamides is 1. The SMILES string of the molecule is Cc1cc(-c2ccc(NS(=O)(=O)c3ccc#cc3Cl)c(F)c2)nc2cnc(N[C@H]3CC[C@H](N(C)C)CC3)nc12. The van der Waals surface area contributed by atoms with Crippen LogP contribution < -0.4 is 10.0 Å². The van der Waals surface area contributed by atoms with Gasteiger partial charge < -0.3 is 10.2 Å². The maximum Gasteiger partial charge on any atom is 0.264 e. The van der Waals surface area contributed by atoms with Crippen LogP contribution in [0.3, 0.4) is 0 Å². The van der Waals surface area contributed by atoms with Crippen molar-refractivity contribution in [3.05, 3.63) is 71.1 Å². The highest BCUT2D eigenvalue weighted by Crippen LogP contribution is 2.29. The van der Waals surface area contributed by atoms with Crippen molar-refractivity contribution >= 4 is 44.3 Å². The fraction of sp³-hybridized carbons (Fsp3) is 0.321. The second-order valence-electron chi connectivity index (χ2n) is 9.95. The molecular formula is C28H28ClFN6O2S. The molecule has 202 valence electrons. The first-order valence-corrected chi connectivity index (χ1v) is 14.4. The Morgan fingerprint density at radius 2 is 1.87 bits per heavy atom. The van der Waals surface area contributed by atoms with Crippen LogP contribution in [0.5, 0.6) is 0 Å². The molecule has 0 saturated heterocycles. The summed E-state index contributed by atoms with van der Waals surface area (Å²) in [6.07, 6.45) is 6.07. The minimum absolute atomic E-state index is 0.129. The molecule has 2 N–H and O–H groups in total. The van der Waals surface area contributed by atoms with E-state index in [1.807, 2.05) is 13.0 Å². The van der Waals surface area contributed by atoms with Gasteiger partial charge in [0.05, 0.1) is 23.1 Å². The van der Waals surface area contributed by atoms with Gasteiger partial charge in [-0.2, -0.15) is 0 Å². The number of nitrogens with zero attached hydrogens (tertiary/aromatic N) is 4. The lowest BCUT2D eigenvalue weighted by Crippen LogP contribution is -2.36. The van der Waals surface area contributed by atoms with Crippen LogP contribution in [0.1, 0.15) is 31.2 Å². The predicted molar refractivity (Wildman–Crippen MR) is 151 cm³/mol. The second-order valence-corrected chi connectivity index (χ2v) is 12.0. The second kappa shape index (κ2) is 10.9. The smallest absolute Gasteiger partial charge is 0.264 e. The summed E-state index contributed by atoms with van der Waals surface area (Å²) in [5.74, 6) is -0.178. The zero-order valence-corrected chi connectivity index (χ0v) is 23.4. The van der Waals surface area contributed by atoms with E-state index in [0.717, 1.165) is 36.8 Å². The number of anilines is 2. The standard InChI is InChI=1S/C28H28ClFN6O2S/c1-17-14-24(18-8-13-23(22(30)15-18)35-39(37,38)26-7-5-4-6-21(26)29)33-25-16-31-28(34-27(17)25)32-19-9-11-20(12-10-19)36(2)3/h5,7-8,13-16,19-20,35H,9-12H2,1-3H3,(H,31,32,34)/t19-,20-. The minimum Gasteiger partial charge on any atom is -0.351 e. The largest absolute Gasteiger partial charge is 0.351 e. The molecule has 0 radical (unpaired) electrons. The zero-order chi connectivity index (χ0) is 27.7. The molecule has 0 atom stereocenters. The fourth-order valence-electron chi connectivity index (χ4n) is 4.84. The van der Waals surface area contributed by atoms with Crippen molar-refractivity contribution in [3.63, 3.8) is 0 Å². The number of fused-ring (bicyclic) bond motifs is 1. The van der Waals surface area contributed by atoms with E-state index in [1.165, 1.54) is 24.3 Å². The molecule has 0 amide bonds. The Labute approximate surface area is 232 Å². The predicted octanol–water partition coefficient (Wildman–Crippen LogP) is 5.48. The number of rotatable bonds is 7. The van der Waals surface area contributed by atoms with E-state index in [1.54, 1.807) is 12.3 Å². The third-order valence-electron chi connectivity index (χ3n) is 7.01. The molecule has 0 aliphatic heterocycles. The molecule has 2 heterocycles. The molecule has 4 aromatic rings. The number of nitrogens with one attached hydrogen (secondary N) is 2. The number of aryl methyl sites for hydroxylation is 1. The molecule has 0 spiro atoms. The molecule has 8 nitrogen and oxygen atoms in total. The third-order valence-corrected chi connectivity index (χ3v) is 8.83. The van der Waals surface area contributed by atoms with Crippen LogP contribution in [-0.4, -0.2) is 54.4 Å². The highest BCUT2D eigenvalue weighted by atomic mass is 35.5. The van der Waals surface area contributed by atoms with Gasteiger partial charge in [-0.25, -0.2) is 27.8 Å². The summed E-state index contributed by atoms with van der Waals surface area (Å²) in [6, 6.07) is 14.7. The normalized spacial score (nSPS) is 17.7. The quantitative estimate of drug-likeness (QED) is 0.305. The van der Waals surface area contributed by atoms with Gasteiger partial charge in [-0.15, -0.1) is 0 Å². The van der Waals surface area contributed by atoms with Gasteiger partial charge in [0.1, 0.15) is 21.3 Å². The van der Waals surface area contributed by atoms with E-state index >= 15 is 4.39 Å². The lowest BCUT2D eigenvalue weighted by Gasteiger charge is -2.32. The van der Waals surface area contributed by atoms with Crippen molar-refractivity contribution in [2.45, 2.75) is 49.6 Å². The summed E-state index contributed by atoms with van der Waals surface area (Å²) in [5, 5.41) is 3.34. The summed E-state index contributed by atoms with van der Waals surface area (Å²) < 4.78 is 42.6. The van der Waals surface area contributed by atoms with Crippen LogP contribution >= 0.6 is 11.6 Å². The van der Waals surface area contributed by atoms with Gasteiger partial charge in [0.25, 0.3) is 10.0 Å². The lowest BCUT2D eigenvalue weighted by molar-refractivity contribution is 0.221. The molecule has 1 fully saturated rings. The van der Waals surface area contributed by atoms with Crippen molar-refractivity contribution in [1.29, 1.82) is 0 Å². The molecule has 0 unspecified atom stereocenters. The lowest BCUT2D eigenvalue weighted by atomic mass is 9.91. The zero-order valence-electron chi connectivity index (χ0n) is 21.8. The summed E-state index contributed by atoms with van der Waals surface area (Å²) in [6.45, 7) is 1.92. The molecule has 11 heteroatoms. The topological polar surface area (TPSA) is 100 Å². The van der Waals surface area contributed by atoms with Crippen molar-refractivity contribution in [2.75, 3.05) is 24.1 Å². The molecule has 1 saturated carbocycles. The van der Waals surface area contributed by atoms with Gasteiger partial charge in [-0.3, -0.25) is 4.72 Å². The first-order valence-electron chi connectivity index (χ1n) is 12.6.